The van der Waals surface area contributed by atoms with E-state index in [4.69, 9.17) is 27.3 Å². The summed E-state index contributed by atoms with van der Waals surface area (Å²) in [6.45, 7) is 0.278. The molecule has 1 aromatic heterocycles. The Morgan fingerprint density at radius 3 is 2.89 bits per heavy atom. The number of halogens is 1. The van der Waals surface area contributed by atoms with E-state index in [9.17, 15) is 0 Å². The average molecular weight is 260 g/mol. The van der Waals surface area contributed by atoms with Crippen LogP contribution in [0.2, 0.25) is 5.02 Å². The Morgan fingerprint density at radius 1 is 1.39 bits per heavy atom. The maximum Gasteiger partial charge on any atom is 0.166 e. The van der Waals surface area contributed by atoms with Gasteiger partial charge >= 0.3 is 0 Å². The molecule has 0 saturated heterocycles. The summed E-state index contributed by atoms with van der Waals surface area (Å²) in [5.41, 5.74) is 6.97. The molecule has 5 heteroatoms. The number of hydrogen-bond acceptors (Lipinski definition) is 4. The molecular formula is C13H10ClN3O. The van der Waals surface area contributed by atoms with Crippen molar-refractivity contribution < 1.29 is 4.74 Å². The van der Waals surface area contributed by atoms with E-state index in [-0.39, 0.29) is 6.61 Å². The number of nitrogen functional groups attached to an aromatic ring is 1. The van der Waals surface area contributed by atoms with E-state index >= 15 is 0 Å². The van der Waals surface area contributed by atoms with Crippen LogP contribution in [0.1, 0.15) is 11.1 Å². The van der Waals surface area contributed by atoms with Gasteiger partial charge in [0.15, 0.2) is 11.6 Å². The topological polar surface area (TPSA) is 71.9 Å². The number of nitrogens with zero attached hydrogens (tertiary/aromatic N) is 2. The summed E-state index contributed by atoms with van der Waals surface area (Å²) in [6, 6.07) is 10.6. The van der Waals surface area contributed by atoms with Crippen LogP contribution in [-0.4, -0.2) is 4.98 Å². The van der Waals surface area contributed by atoms with Crippen LogP contribution in [0.25, 0.3) is 0 Å². The van der Waals surface area contributed by atoms with Crippen LogP contribution in [0.15, 0.2) is 36.5 Å². The molecule has 0 unspecified atom stereocenters. The van der Waals surface area contributed by atoms with E-state index < -0.39 is 0 Å². The first kappa shape index (κ1) is 12.2. The number of benzene rings is 1. The highest BCUT2D eigenvalue weighted by molar-refractivity contribution is 6.31. The van der Waals surface area contributed by atoms with Gasteiger partial charge in [-0.1, -0.05) is 17.7 Å². The summed E-state index contributed by atoms with van der Waals surface area (Å²) in [6.07, 6.45) is 1.59. The van der Waals surface area contributed by atoms with Gasteiger partial charge in [-0.05, 0) is 24.3 Å². The third kappa shape index (κ3) is 2.70. The van der Waals surface area contributed by atoms with Gasteiger partial charge in [0.05, 0.1) is 11.6 Å². The van der Waals surface area contributed by atoms with Gasteiger partial charge in [0.2, 0.25) is 0 Å². The van der Waals surface area contributed by atoms with Gasteiger partial charge in [-0.25, -0.2) is 4.98 Å². The highest BCUT2D eigenvalue weighted by atomic mass is 35.5. The second-order valence-electron chi connectivity index (χ2n) is 3.59. The van der Waals surface area contributed by atoms with Crippen LogP contribution < -0.4 is 10.5 Å². The number of nitriles is 1. The first-order valence-corrected chi connectivity index (χ1v) is 5.60. The third-order valence-electron chi connectivity index (χ3n) is 2.37. The zero-order valence-corrected chi connectivity index (χ0v) is 10.2. The fraction of sp³-hybridized carbons (Fsp3) is 0.0769. The Balaban J connectivity index is 2.12. The van der Waals surface area contributed by atoms with Gasteiger partial charge < -0.3 is 10.5 Å². The molecule has 0 fully saturated rings. The minimum absolute atomic E-state index is 0.278. The zero-order chi connectivity index (χ0) is 13.0. The molecule has 2 aromatic rings. The van der Waals surface area contributed by atoms with Gasteiger partial charge in [-0.2, -0.15) is 5.26 Å². The van der Waals surface area contributed by atoms with Gasteiger partial charge in [0.25, 0.3) is 0 Å². The molecule has 0 radical (unpaired) electrons. The molecule has 0 aliphatic carbocycles. The highest BCUT2D eigenvalue weighted by Gasteiger charge is 2.05. The molecule has 18 heavy (non-hydrogen) atoms. The van der Waals surface area contributed by atoms with E-state index in [0.717, 1.165) is 5.56 Å². The molecule has 1 heterocycles. The fourth-order valence-electron chi connectivity index (χ4n) is 1.41. The first-order valence-electron chi connectivity index (χ1n) is 5.22. The molecule has 0 bridgehead atoms. The summed E-state index contributed by atoms with van der Waals surface area (Å²) < 4.78 is 5.52. The summed E-state index contributed by atoms with van der Waals surface area (Å²) in [4.78, 5) is 3.92. The number of nitrogens with two attached hydrogens (primary N) is 1. The lowest BCUT2D eigenvalue weighted by Crippen LogP contribution is -2.00. The van der Waals surface area contributed by atoms with Crippen molar-refractivity contribution in [2.24, 2.45) is 0 Å². The summed E-state index contributed by atoms with van der Waals surface area (Å²) in [7, 11) is 0. The lowest BCUT2D eigenvalue weighted by atomic mass is 10.1. The minimum atomic E-state index is 0.278. The van der Waals surface area contributed by atoms with Crippen molar-refractivity contribution >= 4 is 17.4 Å². The second-order valence-corrected chi connectivity index (χ2v) is 4.00. The largest absolute Gasteiger partial charge is 0.485 e. The molecule has 0 spiro atoms. The molecule has 90 valence electrons. The Bertz CT molecular complexity index is 607. The predicted octanol–water partition coefficient (Wildman–Crippen LogP) is 2.77. The first-order chi connectivity index (χ1) is 8.70. The Morgan fingerprint density at radius 2 is 2.22 bits per heavy atom. The molecular weight excluding hydrogens is 250 g/mol. The molecule has 2 rings (SSSR count). The second kappa shape index (κ2) is 5.39. The maximum absolute atomic E-state index is 8.73. The SMILES string of the molecule is N#Cc1ccc(COc2cccnc2N)c(Cl)c1. The monoisotopic (exact) mass is 259 g/mol. The molecule has 1 aromatic carbocycles. The van der Waals surface area contributed by atoms with Gasteiger partial charge in [-0.15, -0.1) is 0 Å². The Kier molecular flexibility index (Phi) is 3.66. The van der Waals surface area contributed by atoms with Crippen molar-refractivity contribution in [1.29, 1.82) is 5.26 Å². The number of anilines is 1. The van der Waals surface area contributed by atoms with Crippen molar-refractivity contribution in [3.8, 4) is 11.8 Å². The number of ether oxygens (including phenoxy) is 1. The van der Waals surface area contributed by atoms with E-state index in [2.05, 4.69) is 4.98 Å². The van der Waals surface area contributed by atoms with Gasteiger partial charge in [0.1, 0.15) is 6.61 Å². The molecule has 0 aliphatic rings. The maximum atomic E-state index is 8.73. The quantitative estimate of drug-likeness (QED) is 0.920. The van der Waals surface area contributed by atoms with Crippen molar-refractivity contribution in [2.45, 2.75) is 6.61 Å². The van der Waals surface area contributed by atoms with Crippen LogP contribution >= 0.6 is 11.6 Å². The number of aromatic nitrogens is 1. The molecule has 0 saturated carbocycles. The van der Waals surface area contributed by atoms with Crippen molar-refractivity contribution in [2.75, 3.05) is 5.73 Å². The normalized spacial score (nSPS) is 9.78. The van der Waals surface area contributed by atoms with Crippen molar-refractivity contribution in [1.82, 2.24) is 4.98 Å². The van der Waals surface area contributed by atoms with E-state index in [1.54, 1.807) is 36.5 Å². The van der Waals surface area contributed by atoms with Crippen molar-refractivity contribution in [3.05, 3.63) is 52.7 Å². The molecule has 4 nitrogen and oxygen atoms in total. The number of pyridine rings is 1. The smallest absolute Gasteiger partial charge is 0.166 e. The lowest BCUT2D eigenvalue weighted by Gasteiger charge is -2.09. The lowest BCUT2D eigenvalue weighted by molar-refractivity contribution is 0.307. The van der Waals surface area contributed by atoms with E-state index in [1.165, 1.54) is 0 Å². The molecule has 0 amide bonds. The van der Waals surface area contributed by atoms with Crippen LogP contribution in [0, 0.1) is 11.3 Å². The molecule has 0 atom stereocenters. The third-order valence-corrected chi connectivity index (χ3v) is 2.72. The number of rotatable bonds is 3. The Hall–Kier alpha value is -2.25. The van der Waals surface area contributed by atoms with E-state index in [0.29, 0.717) is 22.2 Å². The van der Waals surface area contributed by atoms with Crippen LogP contribution in [0.5, 0.6) is 5.75 Å². The summed E-state index contributed by atoms with van der Waals surface area (Å²) in [5.74, 6) is 0.847. The average Bonchev–Trinajstić information content (AvgIpc) is 2.39. The molecule has 2 N–H and O–H groups in total. The highest BCUT2D eigenvalue weighted by Crippen LogP contribution is 2.22. The zero-order valence-electron chi connectivity index (χ0n) is 9.43. The summed E-state index contributed by atoms with van der Waals surface area (Å²) in [5, 5.41) is 9.23. The van der Waals surface area contributed by atoms with Crippen LogP contribution in [0.3, 0.4) is 0 Å². The molecule has 0 aliphatic heterocycles. The van der Waals surface area contributed by atoms with Crippen molar-refractivity contribution in [3.63, 3.8) is 0 Å². The van der Waals surface area contributed by atoms with E-state index in [1.807, 2.05) is 6.07 Å². The minimum Gasteiger partial charge on any atom is -0.485 e. The van der Waals surface area contributed by atoms with Crippen LogP contribution in [-0.2, 0) is 6.61 Å². The Labute approximate surface area is 110 Å². The standard InChI is InChI=1S/C13H10ClN3O/c14-11-6-9(7-15)3-4-10(11)8-18-12-2-1-5-17-13(12)16/h1-6H,8H2,(H2,16,17). The summed E-state index contributed by atoms with van der Waals surface area (Å²) >= 11 is 6.04. The van der Waals surface area contributed by atoms with Gasteiger partial charge in [0, 0.05) is 16.8 Å². The predicted molar refractivity (Wildman–Crippen MR) is 69.1 cm³/mol. The van der Waals surface area contributed by atoms with Gasteiger partial charge in [-0.3, -0.25) is 0 Å². The fourth-order valence-corrected chi connectivity index (χ4v) is 1.65. The number of hydrogen-bond donors (Lipinski definition) is 1. The van der Waals surface area contributed by atoms with Crippen LogP contribution in [0.4, 0.5) is 5.82 Å².